The monoisotopic (exact) mass is 271 g/mol. The van der Waals surface area contributed by atoms with Gasteiger partial charge in [-0.05, 0) is 32.9 Å². The SMILES string of the molecule is CC(C)(C)NC(=O)CCNc1c(F)cc(N)cc1F. The summed E-state index contributed by atoms with van der Waals surface area (Å²) in [6.45, 7) is 5.71. The van der Waals surface area contributed by atoms with Crippen LogP contribution >= 0.6 is 0 Å². The van der Waals surface area contributed by atoms with E-state index < -0.39 is 11.6 Å². The molecule has 19 heavy (non-hydrogen) atoms. The molecule has 0 fully saturated rings. The van der Waals surface area contributed by atoms with Crippen molar-refractivity contribution in [2.24, 2.45) is 0 Å². The Hall–Kier alpha value is -1.85. The smallest absolute Gasteiger partial charge is 0.222 e. The molecule has 0 atom stereocenters. The number of nitrogens with one attached hydrogen (secondary N) is 2. The molecule has 1 aromatic rings. The van der Waals surface area contributed by atoms with Gasteiger partial charge < -0.3 is 16.4 Å². The lowest BCUT2D eigenvalue weighted by atomic mass is 10.1. The van der Waals surface area contributed by atoms with E-state index >= 15 is 0 Å². The maximum atomic E-state index is 13.4. The van der Waals surface area contributed by atoms with Crippen molar-refractivity contribution in [2.75, 3.05) is 17.6 Å². The first-order chi connectivity index (χ1) is 8.69. The second-order valence-electron chi connectivity index (χ2n) is 5.33. The van der Waals surface area contributed by atoms with Crippen molar-refractivity contribution in [3.63, 3.8) is 0 Å². The molecule has 0 saturated heterocycles. The third-order valence-corrected chi connectivity index (χ3v) is 2.23. The van der Waals surface area contributed by atoms with Gasteiger partial charge in [-0.25, -0.2) is 8.78 Å². The van der Waals surface area contributed by atoms with Gasteiger partial charge >= 0.3 is 0 Å². The normalized spacial score (nSPS) is 11.2. The number of amides is 1. The van der Waals surface area contributed by atoms with E-state index in [1.807, 2.05) is 20.8 Å². The summed E-state index contributed by atoms with van der Waals surface area (Å²) in [5.74, 6) is -1.72. The van der Waals surface area contributed by atoms with Gasteiger partial charge in [0.05, 0.1) is 0 Å². The van der Waals surface area contributed by atoms with E-state index in [-0.39, 0.29) is 35.8 Å². The zero-order chi connectivity index (χ0) is 14.6. The molecule has 106 valence electrons. The fourth-order valence-electron chi connectivity index (χ4n) is 1.54. The second-order valence-corrected chi connectivity index (χ2v) is 5.33. The average molecular weight is 271 g/mol. The highest BCUT2D eigenvalue weighted by Crippen LogP contribution is 2.21. The summed E-state index contributed by atoms with van der Waals surface area (Å²) in [6.07, 6.45) is 0.126. The van der Waals surface area contributed by atoms with E-state index in [0.717, 1.165) is 12.1 Å². The number of nitrogen functional groups attached to an aromatic ring is 1. The summed E-state index contributed by atoms with van der Waals surface area (Å²) in [6, 6.07) is 2.06. The third kappa shape index (κ3) is 5.11. The summed E-state index contributed by atoms with van der Waals surface area (Å²) in [4.78, 5) is 11.5. The van der Waals surface area contributed by atoms with Crippen LogP contribution in [-0.2, 0) is 4.79 Å². The molecular formula is C13H19F2N3O. The van der Waals surface area contributed by atoms with Crippen molar-refractivity contribution < 1.29 is 13.6 Å². The lowest BCUT2D eigenvalue weighted by molar-refractivity contribution is -0.122. The molecule has 4 nitrogen and oxygen atoms in total. The van der Waals surface area contributed by atoms with Gasteiger partial charge in [-0.3, -0.25) is 4.79 Å². The highest BCUT2D eigenvalue weighted by atomic mass is 19.1. The highest BCUT2D eigenvalue weighted by molar-refractivity contribution is 5.77. The number of halogens is 2. The first-order valence-corrected chi connectivity index (χ1v) is 5.98. The Balaban J connectivity index is 2.52. The van der Waals surface area contributed by atoms with Crippen molar-refractivity contribution in [3.8, 4) is 0 Å². The van der Waals surface area contributed by atoms with Crippen molar-refractivity contribution >= 4 is 17.3 Å². The van der Waals surface area contributed by atoms with Crippen LogP contribution in [0, 0.1) is 11.6 Å². The molecule has 0 aliphatic heterocycles. The molecular weight excluding hydrogens is 252 g/mol. The molecule has 0 radical (unpaired) electrons. The fraction of sp³-hybridized carbons (Fsp3) is 0.462. The lowest BCUT2D eigenvalue weighted by Crippen LogP contribution is -2.41. The van der Waals surface area contributed by atoms with Crippen LogP contribution in [0.1, 0.15) is 27.2 Å². The van der Waals surface area contributed by atoms with Crippen LogP contribution in [0.15, 0.2) is 12.1 Å². The van der Waals surface area contributed by atoms with Gasteiger partial charge in [0.25, 0.3) is 0 Å². The highest BCUT2D eigenvalue weighted by Gasteiger charge is 2.14. The van der Waals surface area contributed by atoms with Crippen LogP contribution in [-0.4, -0.2) is 18.0 Å². The van der Waals surface area contributed by atoms with Crippen molar-refractivity contribution in [1.82, 2.24) is 5.32 Å². The molecule has 4 N–H and O–H groups in total. The number of anilines is 2. The molecule has 0 aliphatic rings. The van der Waals surface area contributed by atoms with Gasteiger partial charge in [0.15, 0.2) is 11.6 Å². The van der Waals surface area contributed by atoms with Gasteiger partial charge in [-0.1, -0.05) is 0 Å². The van der Waals surface area contributed by atoms with Crippen LogP contribution in [0.25, 0.3) is 0 Å². The van der Waals surface area contributed by atoms with Crippen molar-refractivity contribution in [2.45, 2.75) is 32.7 Å². The summed E-state index contributed by atoms with van der Waals surface area (Å²) in [5.41, 5.74) is 4.73. The average Bonchev–Trinajstić information content (AvgIpc) is 2.19. The number of benzene rings is 1. The molecule has 0 spiro atoms. The number of carbonyl (C=O) groups is 1. The first-order valence-electron chi connectivity index (χ1n) is 5.98. The second kappa shape index (κ2) is 5.86. The van der Waals surface area contributed by atoms with E-state index in [1.165, 1.54) is 0 Å². The zero-order valence-corrected chi connectivity index (χ0v) is 11.3. The van der Waals surface area contributed by atoms with Crippen LogP contribution in [0.2, 0.25) is 0 Å². The Bertz CT molecular complexity index is 446. The molecule has 0 saturated carbocycles. The third-order valence-electron chi connectivity index (χ3n) is 2.23. The number of nitrogens with two attached hydrogens (primary N) is 1. The van der Waals surface area contributed by atoms with E-state index in [9.17, 15) is 13.6 Å². The van der Waals surface area contributed by atoms with E-state index in [1.54, 1.807) is 0 Å². The molecule has 0 bridgehead atoms. The van der Waals surface area contributed by atoms with Crippen LogP contribution in [0.5, 0.6) is 0 Å². The zero-order valence-electron chi connectivity index (χ0n) is 11.3. The van der Waals surface area contributed by atoms with Gasteiger partial charge in [0.2, 0.25) is 5.91 Å². The fourth-order valence-corrected chi connectivity index (χ4v) is 1.54. The van der Waals surface area contributed by atoms with Gasteiger partial charge in [-0.15, -0.1) is 0 Å². The number of rotatable bonds is 4. The maximum absolute atomic E-state index is 13.4. The van der Waals surface area contributed by atoms with Gasteiger partial charge in [-0.2, -0.15) is 0 Å². The maximum Gasteiger partial charge on any atom is 0.222 e. The lowest BCUT2D eigenvalue weighted by Gasteiger charge is -2.20. The number of hydrogen-bond acceptors (Lipinski definition) is 3. The van der Waals surface area contributed by atoms with Crippen LogP contribution in [0.3, 0.4) is 0 Å². The largest absolute Gasteiger partial charge is 0.399 e. The minimum absolute atomic E-state index is 0.0195. The van der Waals surface area contributed by atoms with Crippen LogP contribution in [0.4, 0.5) is 20.2 Å². The topological polar surface area (TPSA) is 67.2 Å². The predicted molar refractivity (Wildman–Crippen MR) is 71.8 cm³/mol. The molecule has 0 aliphatic carbocycles. The van der Waals surface area contributed by atoms with Gasteiger partial charge in [0, 0.05) is 24.2 Å². The molecule has 6 heteroatoms. The minimum atomic E-state index is -0.770. The molecule has 1 aromatic carbocycles. The van der Waals surface area contributed by atoms with Crippen molar-refractivity contribution in [3.05, 3.63) is 23.8 Å². The minimum Gasteiger partial charge on any atom is -0.399 e. The Morgan fingerprint density at radius 3 is 2.26 bits per heavy atom. The van der Waals surface area contributed by atoms with Crippen molar-refractivity contribution in [1.29, 1.82) is 0 Å². The standard InChI is InChI=1S/C13H19F2N3O/c1-13(2,3)18-11(19)4-5-17-12-9(14)6-8(16)7-10(12)15/h6-7,17H,4-5,16H2,1-3H3,(H,18,19). The van der Waals surface area contributed by atoms with E-state index in [2.05, 4.69) is 10.6 Å². The Morgan fingerprint density at radius 2 is 1.79 bits per heavy atom. The Labute approximate surface area is 111 Å². The summed E-state index contributed by atoms with van der Waals surface area (Å²) < 4.78 is 26.8. The Morgan fingerprint density at radius 1 is 1.26 bits per heavy atom. The molecule has 0 aromatic heterocycles. The quantitative estimate of drug-likeness (QED) is 0.736. The Kier molecular flexibility index (Phi) is 4.69. The predicted octanol–water partition coefficient (Wildman–Crippen LogP) is 2.26. The molecule has 1 amide bonds. The summed E-state index contributed by atoms with van der Waals surface area (Å²) in [7, 11) is 0. The number of hydrogen-bond donors (Lipinski definition) is 3. The van der Waals surface area contributed by atoms with Gasteiger partial charge in [0.1, 0.15) is 5.69 Å². The summed E-state index contributed by atoms with van der Waals surface area (Å²) in [5, 5.41) is 5.32. The van der Waals surface area contributed by atoms with E-state index in [4.69, 9.17) is 5.73 Å². The molecule has 1 rings (SSSR count). The summed E-state index contributed by atoms with van der Waals surface area (Å²) >= 11 is 0. The molecule has 0 heterocycles. The van der Waals surface area contributed by atoms with E-state index in [0.29, 0.717) is 0 Å². The number of carbonyl (C=O) groups excluding carboxylic acids is 1. The van der Waals surface area contributed by atoms with Crippen LogP contribution < -0.4 is 16.4 Å². The first kappa shape index (κ1) is 15.2. The molecule has 0 unspecified atom stereocenters.